The minimum atomic E-state index is -0.884. The van der Waals surface area contributed by atoms with Gasteiger partial charge < -0.3 is 15.3 Å². The lowest BCUT2D eigenvalue weighted by atomic mass is 10.2. The first-order chi connectivity index (χ1) is 8.08. The van der Waals surface area contributed by atoms with Crippen LogP contribution >= 0.6 is 11.3 Å². The number of hydrogen-bond acceptors (Lipinski definition) is 3. The van der Waals surface area contributed by atoms with Crippen molar-refractivity contribution in [3.8, 4) is 0 Å². The van der Waals surface area contributed by atoms with E-state index in [-0.39, 0.29) is 24.5 Å². The smallest absolute Gasteiger partial charge is 0.318 e. The summed E-state index contributed by atoms with van der Waals surface area (Å²) in [6.07, 6.45) is -0.0232. The summed E-state index contributed by atoms with van der Waals surface area (Å²) in [5.41, 5.74) is 0. The molecule has 0 spiro atoms. The number of carbonyl (C=O) groups excluding carboxylic acids is 1. The molecule has 1 aromatic heterocycles. The molecule has 0 radical (unpaired) electrons. The van der Waals surface area contributed by atoms with Crippen molar-refractivity contribution in [1.29, 1.82) is 0 Å². The molecule has 2 atom stereocenters. The molecule has 1 aromatic rings. The first-order valence-corrected chi connectivity index (χ1v) is 6.28. The van der Waals surface area contributed by atoms with Crippen LogP contribution in [-0.2, 0) is 4.79 Å². The fourth-order valence-electron chi connectivity index (χ4n) is 1.95. The molecule has 2 heterocycles. The zero-order chi connectivity index (χ0) is 12.4. The highest BCUT2D eigenvalue weighted by molar-refractivity contribution is 7.10. The number of aliphatic carboxylic acids is 1. The Morgan fingerprint density at radius 3 is 3.12 bits per heavy atom. The van der Waals surface area contributed by atoms with Gasteiger partial charge in [0.05, 0.1) is 12.5 Å². The Hall–Kier alpha value is -1.56. The van der Waals surface area contributed by atoms with Crippen LogP contribution in [0.25, 0.3) is 0 Å². The van der Waals surface area contributed by atoms with Crippen molar-refractivity contribution in [3.63, 3.8) is 0 Å². The largest absolute Gasteiger partial charge is 0.481 e. The zero-order valence-corrected chi connectivity index (χ0v) is 10.2. The Bertz CT molecular complexity index is 418. The molecular weight excluding hydrogens is 240 g/mol. The van der Waals surface area contributed by atoms with Gasteiger partial charge in [-0.15, -0.1) is 11.3 Å². The van der Waals surface area contributed by atoms with Gasteiger partial charge in [-0.25, -0.2) is 4.79 Å². The van der Waals surface area contributed by atoms with E-state index < -0.39 is 5.97 Å². The predicted molar refractivity (Wildman–Crippen MR) is 64.0 cm³/mol. The van der Waals surface area contributed by atoms with E-state index >= 15 is 0 Å². The van der Waals surface area contributed by atoms with Crippen molar-refractivity contribution in [3.05, 3.63) is 22.4 Å². The van der Waals surface area contributed by atoms with Crippen LogP contribution < -0.4 is 5.32 Å². The molecule has 2 unspecified atom stereocenters. The molecule has 1 fully saturated rings. The van der Waals surface area contributed by atoms with E-state index in [0.717, 1.165) is 4.88 Å². The second-order valence-corrected chi connectivity index (χ2v) is 5.10. The standard InChI is InChI=1S/C11H14N2O3S/c1-7(5-10(14)15)13-6-8(12-11(13)16)9-3-2-4-17-9/h2-4,7-8H,5-6H2,1H3,(H,12,16)(H,14,15). The fraction of sp³-hybridized carbons (Fsp3) is 0.455. The summed E-state index contributed by atoms with van der Waals surface area (Å²) in [4.78, 5) is 25.0. The normalized spacial score (nSPS) is 21.4. The number of nitrogens with zero attached hydrogens (tertiary/aromatic N) is 1. The molecule has 0 saturated carbocycles. The van der Waals surface area contributed by atoms with Crippen molar-refractivity contribution < 1.29 is 14.7 Å². The van der Waals surface area contributed by atoms with Crippen LogP contribution in [0.4, 0.5) is 4.79 Å². The molecule has 1 aliphatic heterocycles. The summed E-state index contributed by atoms with van der Waals surface area (Å²) in [7, 11) is 0. The number of carboxylic acids is 1. The van der Waals surface area contributed by atoms with Crippen LogP contribution in [-0.4, -0.2) is 34.6 Å². The number of amides is 2. The third-order valence-electron chi connectivity index (χ3n) is 2.83. The SMILES string of the molecule is CC(CC(=O)O)N1CC(c2cccs2)NC1=O. The van der Waals surface area contributed by atoms with Gasteiger partial charge >= 0.3 is 12.0 Å². The maximum atomic E-state index is 11.7. The van der Waals surface area contributed by atoms with Gasteiger partial charge in [0.15, 0.2) is 0 Å². The number of hydrogen-bond donors (Lipinski definition) is 2. The number of carboxylic acid groups (broad SMARTS) is 1. The number of nitrogens with one attached hydrogen (secondary N) is 1. The van der Waals surface area contributed by atoms with Crippen LogP contribution in [0, 0.1) is 0 Å². The number of urea groups is 1. The van der Waals surface area contributed by atoms with Crippen LogP contribution in [0.3, 0.4) is 0 Å². The Morgan fingerprint density at radius 1 is 1.76 bits per heavy atom. The molecule has 1 aliphatic rings. The Balaban J connectivity index is 2.02. The molecular formula is C11H14N2O3S. The van der Waals surface area contributed by atoms with Crippen LogP contribution in [0.2, 0.25) is 0 Å². The van der Waals surface area contributed by atoms with E-state index in [9.17, 15) is 9.59 Å². The quantitative estimate of drug-likeness (QED) is 0.858. The maximum Gasteiger partial charge on any atom is 0.318 e. The summed E-state index contributed by atoms with van der Waals surface area (Å²) in [5.74, 6) is -0.884. The van der Waals surface area contributed by atoms with Gasteiger partial charge in [-0.05, 0) is 18.4 Å². The average Bonchev–Trinajstić information content (AvgIpc) is 2.84. The highest BCUT2D eigenvalue weighted by atomic mass is 32.1. The minimum Gasteiger partial charge on any atom is -0.481 e. The summed E-state index contributed by atoms with van der Waals surface area (Å²) >= 11 is 1.59. The Labute approximate surface area is 103 Å². The maximum absolute atomic E-state index is 11.7. The van der Waals surface area contributed by atoms with Crippen LogP contribution in [0.15, 0.2) is 17.5 Å². The summed E-state index contributed by atoms with van der Waals surface area (Å²) in [6, 6.07) is 3.43. The van der Waals surface area contributed by atoms with Gasteiger partial charge in [-0.1, -0.05) is 6.07 Å². The first-order valence-electron chi connectivity index (χ1n) is 5.40. The van der Waals surface area contributed by atoms with Crippen molar-refractivity contribution in [2.75, 3.05) is 6.54 Å². The molecule has 92 valence electrons. The Morgan fingerprint density at radius 2 is 2.53 bits per heavy atom. The first kappa shape index (κ1) is 11.9. The highest BCUT2D eigenvalue weighted by Gasteiger charge is 2.33. The lowest BCUT2D eigenvalue weighted by molar-refractivity contribution is -0.137. The van der Waals surface area contributed by atoms with E-state index in [1.807, 2.05) is 17.5 Å². The van der Waals surface area contributed by atoms with Gasteiger partial charge in [0.25, 0.3) is 0 Å². The van der Waals surface area contributed by atoms with E-state index in [4.69, 9.17) is 5.11 Å². The monoisotopic (exact) mass is 254 g/mol. The second-order valence-electron chi connectivity index (χ2n) is 4.12. The molecule has 2 rings (SSSR count). The molecule has 2 N–H and O–H groups in total. The average molecular weight is 254 g/mol. The summed E-state index contributed by atoms with van der Waals surface area (Å²) < 4.78 is 0. The van der Waals surface area contributed by atoms with Crippen molar-refractivity contribution in [2.24, 2.45) is 0 Å². The zero-order valence-electron chi connectivity index (χ0n) is 9.42. The van der Waals surface area contributed by atoms with E-state index in [2.05, 4.69) is 5.32 Å². The predicted octanol–water partition coefficient (Wildman–Crippen LogP) is 1.68. The van der Waals surface area contributed by atoms with E-state index in [0.29, 0.717) is 6.54 Å². The lowest BCUT2D eigenvalue weighted by Gasteiger charge is -2.21. The molecule has 0 aliphatic carbocycles. The molecule has 2 amide bonds. The third kappa shape index (κ3) is 2.58. The summed E-state index contributed by atoms with van der Waals surface area (Å²) in [5, 5.41) is 13.6. The van der Waals surface area contributed by atoms with Crippen molar-refractivity contribution in [1.82, 2.24) is 10.2 Å². The number of rotatable bonds is 4. The fourth-order valence-corrected chi connectivity index (χ4v) is 2.72. The topological polar surface area (TPSA) is 69.6 Å². The molecule has 0 bridgehead atoms. The number of thiophene rings is 1. The lowest BCUT2D eigenvalue weighted by Crippen LogP contribution is -2.37. The van der Waals surface area contributed by atoms with Crippen LogP contribution in [0.5, 0.6) is 0 Å². The third-order valence-corrected chi connectivity index (χ3v) is 3.81. The van der Waals surface area contributed by atoms with Crippen molar-refractivity contribution >= 4 is 23.3 Å². The highest BCUT2D eigenvalue weighted by Crippen LogP contribution is 2.25. The minimum absolute atomic E-state index is 0.0151. The van der Waals surface area contributed by atoms with Gasteiger partial charge in [-0.2, -0.15) is 0 Å². The van der Waals surface area contributed by atoms with Crippen LogP contribution in [0.1, 0.15) is 24.3 Å². The van der Waals surface area contributed by atoms with Gasteiger partial charge in [0, 0.05) is 17.5 Å². The van der Waals surface area contributed by atoms with Crippen molar-refractivity contribution in [2.45, 2.75) is 25.4 Å². The van der Waals surface area contributed by atoms with E-state index in [1.165, 1.54) is 0 Å². The molecule has 1 saturated heterocycles. The van der Waals surface area contributed by atoms with Gasteiger partial charge in [0.1, 0.15) is 0 Å². The molecule has 6 heteroatoms. The summed E-state index contributed by atoms with van der Waals surface area (Å²) in [6.45, 7) is 2.29. The van der Waals surface area contributed by atoms with E-state index in [1.54, 1.807) is 23.2 Å². The van der Waals surface area contributed by atoms with Gasteiger partial charge in [0.2, 0.25) is 0 Å². The second kappa shape index (κ2) is 4.75. The number of carbonyl (C=O) groups is 2. The molecule has 17 heavy (non-hydrogen) atoms. The molecule has 5 nitrogen and oxygen atoms in total. The Kier molecular flexibility index (Phi) is 3.33. The molecule has 0 aromatic carbocycles. The van der Waals surface area contributed by atoms with Gasteiger partial charge in [-0.3, -0.25) is 4.79 Å².